The summed E-state index contributed by atoms with van der Waals surface area (Å²) in [6.07, 6.45) is 3.37. The summed E-state index contributed by atoms with van der Waals surface area (Å²) in [4.78, 5) is 12.7. The Morgan fingerprint density at radius 2 is 1.93 bits per heavy atom. The summed E-state index contributed by atoms with van der Waals surface area (Å²) in [5.41, 5.74) is 1.41. The highest BCUT2D eigenvalue weighted by Crippen LogP contribution is 2.34. The van der Waals surface area contributed by atoms with Crippen molar-refractivity contribution < 1.29 is 24.1 Å². The van der Waals surface area contributed by atoms with Crippen molar-refractivity contribution in [2.45, 2.75) is 18.9 Å². The van der Waals surface area contributed by atoms with Gasteiger partial charge in [0, 0.05) is 19.6 Å². The number of halogens is 1. The van der Waals surface area contributed by atoms with Crippen LogP contribution in [0, 0.1) is 0 Å². The van der Waals surface area contributed by atoms with E-state index >= 15 is 0 Å². The molecule has 2 aromatic rings. The quantitative estimate of drug-likeness (QED) is 0.441. The number of methoxy groups -OCH3 is 2. The van der Waals surface area contributed by atoms with E-state index < -0.39 is 6.10 Å². The average molecular weight is 435 g/mol. The molecule has 144 valence electrons. The van der Waals surface area contributed by atoms with Gasteiger partial charge >= 0.3 is 0 Å². The predicted molar refractivity (Wildman–Crippen MR) is 108 cm³/mol. The molecule has 0 radical (unpaired) electrons. The first-order valence-electron chi connectivity index (χ1n) is 8.47. The van der Waals surface area contributed by atoms with Gasteiger partial charge in [0.1, 0.15) is 11.5 Å². The highest BCUT2D eigenvalue weighted by atomic mass is 79.9. The van der Waals surface area contributed by atoms with E-state index in [-0.39, 0.29) is 19.0 Å². The van der Waals surface area contributed by atoms with Gasteiger partial charge in [-0.3, -0.25) is 4.79 Å². The number of benzene rings is 2. The third-order valence-corrected chi connectivity index (χ3v) is 4.45. The number of Topliss-reactive ketones (excluding diaryl/α,β-unsaturated/α-hetero) is 1. The molecular formula is C21H23BrO5. The lowest BCUT2D eigenvalue weighted by atomic mass is 10.0. The molecule has 27 heavy (non-hydrogen) atoms. The summed E-state index contributed by atoms with van der Waals surface area (Å²) in [6.45, 7) is 0.00737. The number of carbonyl (C=O) groups is 1. The van der Waals surface area contributed by atoms with Crippen molar-refractivity contribution >= 4 is 27.8 Å². The van der Waals surface area contributed by atoms with Crippen LogP contribution in [-0.4, -0.2) is 38.0 Å². The molecular weight excluding hydrogens is 412 g/mol. The minimum absolute atomic E-state index is 0.00737. The average Bonchev–Trinajstić information content (AvgIpc) is 2.67. The fourth-order valence-corrected chi connectivity index (χ4v) is 2.99. The normalized spacial score (nSPS) is 12.1. The monoisotopic (exact) mass is 434 g/mol. The lowest BCUT2D eigenvalue weighted by molar-refractivity contribution is 0.0498. The SMILES string of the molecule is COCOc1cc(OC)c(Br)cc1C(=O)CC(O)C/C=C/c1ccccc1. The Morgan fingerprint density at radius 3 is 2.59 bits per heavy atom. The third-order valence-electron chi connectivity index (χ3n) is 3.83. The van der Waals surface area contributed by atoms with Gasteiger partial charge in [-0.05, 0) is 34.0 Å². The number of ketones is 1. The number of hydrogen-bond acceptors (Lipinski definition) is 5. The molecule has 0 saturated heterocycles. The van der Waals surface area contributed by atoms with E-state index in [2.05, 4.69) is 15.9 Å². The maximum absolute atomic E-state index is 12.7. The predicted octanol–water partition coefficient (Wildman–Crippen LogP) is 4.48. The standard InChI is InChI=1S/C21H23BrO5/c1-25-14-27-20-13-21(26-2)18(22)12-17(20)19(24)11-16(23)10-6-9-15-7-4-3-5-8-15/h3-9,12-13,16,23H,10-11,14H2,1-2H3/b9-6+. The summed E-state index contributed by atoms with van der Waals surface area (Å²) < 4.78 is 16.3. The van der Waals surface area contributed by atoms with E-state index in [0.29, 0.717) is 28.0 Å². The number of carbonyl (C=O) groups excluding carboxylic acids is 1. The number of ether oxygens (including phenoxy) is 3. The first-order valence-corrected chi connectivity index (χ1v) is 9.26. The van der Waals surface area contributed by atoms with Crippen LogP contribution in [0.4, 0.5) is 0 Å². The van der Waals surface area contributed by atoms with Crippen molar-refractivity contribution in [3.63, 3.8) is 0 Å². The molecule has 2 rings (SSSR count). The highest BCUT2D eigenvalue weighted by molar-refractivity contribution is 9.10. The van der Waals surface area contributed by atoms with Crippen molar-refractivity contribution in [2.75, 3.05) is 21.0 Å². The summed E-state index contributed by atoms with van der Waals surface area (Å²) in [5.74, 6) is 0.683. The molecule has 1 unspecified atom stereocenters. The number of hydrogen-bond donors (Lipinski definition) is 1. The van der Waals surface area contributed by atoms with Gasteiger partial charge in [0.25, 0.3) is 0 Å². The van der Waals surface area contributed by atoms with Crippen LogP contribution in [0.5, 0.6) is 11.5 Å². The molecule has 5 nitrogen and oxygen atoms in total. The summed E-state index contributed by atoms with van der Waals surface area (Å²) in [6, 6.07) is 13.0. The van der Waals surface area contributed by atoms with Gasteiger partial charge < -0.3 is 19.3 Å². The topological polar surface area (TPSA) is 65.0 Å². The number of aliphatic hydroxyl groups excluding tert-OH is 1. The molecule has 0 saturated carbocycles. The fourth-order valence-electron chi connectivity index (χ4n) is 2.48. The van der Waals surface area contributed by atoms with Crippen LogP contribution < -0.4 is 9.47 Å². The number of aliphatic hydroxyl groups is 1. The maximum Gasteiger partial charge on any atom is 0.188 e. The molecule has 0 amide bonds. The van der Waals surface area contributed by atoms with Crippen LogP contribution in [0.2, 0.25) is 0 Å². The Bertz CT molecular complexity index is 774. The molecule has 0 aliphatic heterocycles. The molecule has 6 heteroatoms. The molecule has 0 heterocycles. The summed E-state index contributed by atoms with van der Waals surface area (Å²) in [5, 5.41) is 10.2. The smallest absolute Gasteiger partial charge is 0.188 e. The van der Waals surface area contributed by atoms with Crippen LogP contribution >= 0.6 is 15.9 Å². The molecule has 1 N–H and O–H groups in total. The van der Waals surface area contributed by atoms with Gasteiger partial charge in [0.15, 0.2) is 12.6 Å². The Morgan fingerprint density at radius 1 is 1.19 bits per heavy atom. The summed E-state index contributed by atoms with van der Waals surface area (Å²) in [7, 11) is 3.03. The van der Waals surface area contributed by atoms with Crippen LogP contribution in [0.15, 0.2) is 53.0 Å². The fraction of sp³-hybridized carbons (Fsp3) is 0.286. The van der Waals surface area contributed by atoms with E-state index in [1.54, 1.807) is 12.1 Å². The van der Waals surface area contributed by atoms with Gasteiger partial charge in [-0.2, -0.15) is 0 Å². The molecule has 0 aliphatic carbocycles. The first kappa shape index (κ1) is 21.2. The zero-order valence-electron chi connectivity index (χ0n) is 15.4. The van der Waals surface area contributed by atoms with Crippen LogP contribution in [0.3, 0.4) is 0 Å². The van der Waals surface area contributed by atoms with Gasteiger partial charge in [0.05, 0.1) is 23.2 Å². The molecule has 0 bridgehead atoms. The summed E-state index contributed by atoms with van der Waals surface area (Å²) >= 11 is 3.37. The van der Waals surface area contributed by atoms with Gasteiger partial charge in [-0.25, -0.2) is 0 Å². The van der Waals surface area contributed by atoms with Crippen LogP contribution in [0.25, 0.3) is 6.08 Å². The first-order chi connectivity index (χ1) is 13.0. The lowest BCUT2D eigenvalue weighted by Gasteiger charge is -2.14. The van der Waals surface area contributed by atoms with Crippen molar-refractivity contribution in [1.29, 1.82) is 0 Å². The zero-order valence-corrected chi connectivity index (χ0v) is 16.9. The van der Waals surface area contributed by atoms with Crippen molar-refractivity contribution in [1.82, 2.24) is 0 Å². The van der Waals surface area contributed by atoms with E-state index in [1.165, 1.54) is 14.2 Å². The molecule has 0 spiro atoms. The van der Waals surface area contributed by atoms with Crippen molar-refractivity contribution in [3.05, 3.63) is 64.1 Å². The second-order valence-corrected chi connectivity index (χ2v) is 6.72. The van der Waals surface area contributed by atoms with Crippen molar-refractivity contribution in [3.8, 4) is 11.5 Å². The van der Waals surface area contributed by atoms with Gasteiger partial charge in [0.2, 0.25) is 0 Å². The third kappa shape index (κ3) is 6.50. The minimum atomic E-state index is -0.784. The second-order valence-electron chi connectivity index (χ2n) is 5.86. The van der Waals surface area contributed by atoms with Crippen molar-refractivity contribution in [2.24, 2.45) is 0 Å². The Balaban J connectivity index is 2.05. The largest absolute Gasteiger partial charge is 0.495 e. The molecule has 2 aromatic carbocycles. The zero-order chi connectivity index (χ0) is 19.6. The van der Waals surface area contributed by atoms with Gasteiger partial charge in [-0.1, -0.05) is 42.5 Å². The maximum atomic E-state index is 12.7. The Hall–Kier alpha value is -2.15. The number of rotatable bonds is 10. The van der Waals surface area contributed by atoms with Crippen LogP contribution in [-0.2, 0) is 4.74 Å². The van der Waals surface area contributed by atoms with E-state index in [4.69, 9.17) is 14.2 Å². The Labute approximate surface area is 167 Å². The molecule has 0 aliphatic rings. The Kier molecular flexibility index (Phi) is 8.51. The van der Waals surface area contributed by atoms with Crippen LogP contribution in [0.1, 0.15) is 28.8 Å². The van der Waals surface area contributed by atoms with E-state index in [1.807, 2.05) is 42.5 Å². The molecule has 0 fully saturated rings. The minimum Gasteiger partial charge on any atom is -0.495 e. The second kappa shape index (κ2) is 10.9. The highest BCUT2D eigenvalue weighted by Gasteiger charge is 2.19. The van der Waals surface area contributed by atoms with Gasteiger partial charge in [-0.15, -0.1) is 0 Å². The lowest BCUT2D eigenvalue weighted by Crippen LogP contribution is -2.14. The van der Waals surface area contributed by atoms with E-state index in [9.17, 15) is 9.90 Å². The molecule has 1 atom stereocenters. The van der Waals surface area contributed by atoms with E-state index in [0.717, 1.165) is 5.56 Å². The molecule has 0 aromatic heterocycles.